The molecule has 0 aliphatic carbocycles. The number of ether oxygens (including phenoxy) is 1. The third kappa shape index (κ3) is 12.7. The summed E-state index contributed by atoms with van der Waals surface area (Å²) in [5, 5.41) is 29.5. The molecule has 4 atom stereocenters. The number of unbranched alkanes of at least 4 members (excludes halogenated alkanes) is 1. The minimum atomic E-state index is -1.21. The number of hydrogen-bond acceptors (Lipinski definition) is 9. The number of amides is 4. The Kier molecular flexibility index (Phi) is 16.2. The number of carbonyl (C=O) groups excluding carboxylic acids is 5. The molecular formula is C42H50N5O8. The fourth-order valence-electron chi connectivity index (χ4n) is 6.16. The standard InChI is InChI=1S/C42H50N5O8/c1-47(39(51)22-17-28-15-20-34(55-2)21-16-28)38(24-29-13-18-33(50)19-14-29)42(54)45-32(26-48)11-5-6-23-44-41(53)37(27-49)46-40(52)36(43)25-31-10-7-9-30-8-3-4-12-35(30)31/h3-4,7-10,12-16,18-21,32,36-38,49-50H,5-6,11,17,22-25,27,43H2,1-2H3,(H,44,53)(H,45,54)(H,46,52)/t32-,36+,37+,38+/m1/s1. The first-order valence-electron chi connectivity index (χ1n) is 18.3. The molecular weight excluding hydrogens is 702 g/mol. The van der Waals surface area contributed by atoms with Gasteiger partial charge in [-0.3, -0.25) is 24.0 Å². The smallest absolute Gasteiger partial charge is 0.244 e. The van der Waals surface area contributed by atoms with Crippen LogP contribution in [0.5, 0.6) is 11.5 Å². The summed E-state index contributed by atoms with van der Waals surface area (Å²) >= 11 is 0. The number of nitrogens with two attached hydrogens (primary N) is 1. The van der Waals surface area contributed by atoms with E-state index in [9.17, 15) is 34.2 Å². The Hall–Kier alpha value is -5.79. The van der Waals surface area contributed by atoms with Gasteiger partial charge in [0.1, 0.15) is 23.6 Å². The number of methoxy groups -OCH3 is 1. The second-order valence-electron chi connectivity index (χ2n) is 13.4. The average Bonchev–Trinajstić information content (AvgIpc) is 3.20. The lowest BCUT2D eigenvalue weighted by Crippen LogP contribution is -2.53. The van der Waals surface area contributed by atoms with Gasteiger partial charge in [0.25, 0.3) is 0 Å². The highest BCUT2D eigenvalue weighted by atomic mass is 16.5. The minimum absolute atomic E-state index is 0.0640. The van der Waals surface area contributed by atoms with Gasteiger partial charge in [-0.25, -0.2) is 0 Å². The number of hydrogen-bond donors (Lipinski definition) is 6. The molecule has 13 heteroatoms. The fourth-order valence-corrected chi connectivity index (χ4v) is 6.16. The molecule has 0 bridgehead atoms. The molecule has 4 aromatic carbocycles. The predicted molar refractivity (Wildman–Crippen MR) is 209 cm³/mol. The number of rotatable bonds is 21. The van der Waals surface area contributed by atoms with Gasteiger partial charge in [-0.1, -0.05) is 66.7 Å². The van der Waals surface area contributed by atoms with Crippen LogP contribution in [0.4, 0.5) is 0 Å². The SMILES string of the molecule is COc1ccc(CCC(=O)N(C)[C@@H](Cc2ccc(O)cc2)C(=O)N[C@@H]([C]=O)CCCCNC(=O)[C@H](CO)NC(=O)[C@@H](N)Cc2cccc3ccccc23)cc1. The molecule has 0 saturated carbocycles. The van der Waals surface area contributed by atoms with Crippen molar-refractivity contribution in [1.82, 2.24) is 20.9 Å². The summed E-state index contributed by atoms with van der Waals surface area (Å²) in [4.78, 5) is 65.8. The first-order valence-corrected chi connectivity index (χ1v) is 18.3. The van der Waals surface area contributed by atoms with E-state index < -0.39 is 48.5 Å². The van der Waals surface area contributed by atoms with Crippen molar-refractivity contribution in [2.45, 2.75) is 69.1 Å². The average molecular weight is 753 g/mol. The van der Waals surface area contributed by atoms with Crippen LogP contribution in [0.15, 0.2) is 91.0 Å². The number of nitrogens with one attached hydrogen (secondary N) is 3. The third-order valence-corrected chi connectivity index (χ3v) is 9.47. The first-order chi connectivity index (χ1) is 26.5. The lowest BCUT2D eigenvalue weighted by Gasteiger charge is -2.28. The lowest BCUT2D eigenvalue weighted by molar-refractivity contribution is -0.139. The van der Waals surface area contributed by atoms with Crippen LogP contribution < -0.4 is 26.4 Å². The molecule has 13 nitrogen and oxygen atoms in total. The van der Waals surface area contributed by atoms with Crippen LogP contribution in [0.3, 0.4) is 0 Å². The van der Waals surface area contributed by atoms with Gasteiger partial charge in [-0.15, -0.1) is 0 Å². The fraction of sp³-hybridized carbons (Fsp3) is 0.357. The zero-order chi connectivity index (χ0) is 39.7. The number of aromatic hydroxyl groups is 1. The zero-order valence-electron chi connectivity index (χ0n) is 31.2. The van der Waals surface area contributed by atoms with Crippen molar-refractivity contribution >= 4 is 40.7 Å². The molecule has 0 spiro atoms. The molecule has 0 aliphatic heterocycles. The maximum atomic E-state index is 13.6. The van der Waals surface area contributed by atoms with Gasteiger partial charge < -0.3 is 41.5 Å². The molecule has 0 aromatic heterocycles. The summed E-state index contributed by atoms with van der Waals surface area (Å²) in [5.41, 5.74) is 8.71. The van der Waals surface area contributed by atoms with E-state index in [0.29, 0.717) is 30.6 Å². The number of benzene rings is 4. The Morgan fingerprint density at radius 1 is 0.836 bits per heavy atom. The van der Waals surface area contributed by atoms with E-state index in [1.54, 1.807) is 26.3 Å². The van der Waals surface area contributed by atoms with Crippen molar-refractivity contribution in [3.05, 3.63) is 108 Å². The predicted octanol–water partition coefficient (Wildman–Crippen LogP) is 2.48. The van der Waals surface area contributed by atoms with Gasteiger partial charge in [0.05, 0.1) is 25.8 Å². The molecule has 0 fully saturated rings. The van der Waals surface area contributed by atoms with Crippen molar-refractivity contribution in [3.8, 4) is 11.5 Å². The van der Waals surface area contributed by atoms with E-state index in [2.05, 4.69) is 16.0 Å². The Bertz CT molecular complexity index is 1880. The van der Waals surface area contributed by atoms with Gasteiger partial charge in [-0.05, 0) is 83.8 Å². The van der Waals surface area contributed by atoms with Crippen LogP contribution >= 0.6 is 0 Å². The zero-order valence-corrected chi connectivity index (χ0v) is 31.2. The monoisotopic (exact) mass is 752 g/mol. The largest absolute Gasteiger partial charge is 0.508 e. The van der Waals surface area contributed by atoms with E-state index in [-0.39, 0.29) is 43.9 Å². The van der Waals surface area contributed by atoms with Gasteiger partial charge in [0.2, 0.25) is 29.9 Å². The molecule has 0 aliphatic rings. The van der Waals surface area contributed by atoms with Crippen LogP contribution in [-0.4, -0.2) is 96.5 Å². The number of phenolic OH excluding ortho intramolecular Hbond substituents is 1. The van der Waals surface area contributed by atoms with Crippen LogP contribution in [-0.2, 0) is 43.2 Å². The second-order valence-corrected chi connectivity index (χ2v) is 13.4. The molecule has 0 unspecified atom stereocenters. The van der Waals surface area contributed by atoms with Crippen molar-refractivity contribution in [3.63, 3.8) is 0 Å². The maximum absolute atomic E-state index is 13.6. The summed E-state index contributed by atoms with van der Waals surface area (Å²) in [6.45, 7) is -0.446. The van der Waals surface area contributed by atoms with Crippen molar-refractivity contribution < 1.29 is 38.9 Å². The molecule has 7 N–H and O–H groups in total. The van der Waals surface area contributed by atoms with Crippen LogP contribution in [0.25, 0.3) is 10.8 Å². The van der Waals surface area contributed by atoms with Crippen LogP contribution in [0.1, 0.15) is 42.4 Å². The van der Waals surface area contributed by atoms with Gasteiger partial charge >= 0.3 is 0 Å². The minimum Gasteiger partial charge on any atom is -0.508 e. The molecule has 0 saturated heterocycles. The highest BCUT2D eigenvalue weighted by Crippen LogP contribution is 2.20. The Labute approximate surface area is 321 Å². The number of likely N-dealkylation sites (N-methyl/N-ethyl adjacent to an activating group) is 1. The van der Waals surface area contributed by atoms with Crippen molar-refractivity contribution in [2.24, 2.45) is 5.73 Å². The molecule has 1 radical (unpaired) electrons. The van der Waals surface area contributed by atoms with E-state index in [4.69, 9.17) is 10.5 Å². The molecule has 4 aromatic rings. The molecule has 4 amide bonds. The summed E-state index contributed by atoms with van der Waals surface area (Å²) in [6, 6.07) is 23.1. The number of fused-ring (bicyclic) bond motifs is 1. The molecule has 4 rings (SSSR count). The van der Waals surface area contributed by atoms with E-state index >= 15 is 0 Å². The number of nitrogens with zero attached hydrogens (tertiary/aromatic N) is 1. The normalized spacial score (nSPS) is 13.2. The number of aryl methyl sites for hydroxylation is 1. The van der Waals surface area contributed by atoms with Gasteiger partial charge in [-0.2, -0.15) is 0 Å². The summed E-state index contributed by atoms with van der Waals surface area (Å²) in [7, 11) is 3.12. The summed E-state index contributed by atoms with van der Waals surface area (Å²) < 4.78 is 5.19. The Balaban J connectivity index is 1.25. The summed E-state index contributed by atoms with van der Waals surface area (Å²) in [6.07, 6.45) is 3.91. The molecule has 55 heavy (non-hydrogen) atoms. The number of aliphatic hydroxyl groups excluding tert-OH is 1. The lowest BCUT2D eigenvalue weighted by atomic mass is 9.98. The van der Waals surface area contributed by atoms with E-state index in [1.807, 2.05) is 73.0 Å². The Morgan fingerprint density at radius 2 is 1.53 bits per heavy atom. The number of phenols is 1. The van der Waals surface area contributed by atoms with Crippen LogP contribution in [0, 0.1) is 0 Å². The third-order valence-electron chi connectivity index (χ3n) is 9.47. The topological polar surface area (TPSA) is 200 Å². The number of aliphatic hydroxyl groups is 1. The Morgan fingerprint density at radius 3 is 2.22 bits per heavy atom. The van der Waals surface area contributed by atoms with Gasteiger partial charge in [0.15, 0.2) is 0 Å². The van der Waals surface area contributed by atoms with Crippen molar-refractivity contribution in [2.75, 3.05) is 27.3 Å². The maximum Gasteiger partial charge on any atom is 0.244 e. The quantitative estimate of drug-likeness (QED) is 0.0693. The van der Waals surface area contributed by atoms with E-state index in [0.717, 1.165) is 21.9 Å². The van der Waals surface area contributed by atoms with Crippen molar-refractivity contribution in [1.29, 1.82) is 0 Å². The molecule has 291 valence electrons. The highest BCUT2D eigenvalue weighted by Gasteiger charge is 2.29. The van der Waals surface area contributed by atoms with Crippen LogP contribution in [0.2, 0.25) is 0 Å². The molecule has 0 heterocycles. The highest BCUT2D eigenvalue weighted by molar-refractivity contribution is 5.91. The second kappa shape index (κ2) is 21.2. The summed E-state index contributed by atoms with van der Waals surface area (Å²) in [5.74, 6) is -1.19. The first kappa shape index (κ1) is 42.0. The van der Waals surface area contributed by atoms with E-state index in [1.165, 1.54) is 17.0 Å². The van der Waals surface area contributed by atoms with Gasteiger partial charge in [0, 0.05) is 26.4 Å². The number of carbonyl (C=O) groups is 4.